The van der Waals surface area contributed by atoms with Gasteiger partial charge < -0.3 is 4.98 Å². The van der Waals surface area contributed by atoms with E-state index in [1.165, 1.54) is 23.9 Å². The van der Waals surface area contributed by atoms with Crippen LogP contribution in [0.5, 0.6) is 0 Å². The fraction of sp³-hybridized carbons (Fsp3) is 0.154. The maximum atomic E-state index is 13.5. The van der Waals surface area contributed by atoms with Gasteiger partial charge in [-0.1, -0.05) is 27.7 Å². The van der Waals surface area contributed by atoms with Crippen LogP contribution in [0.1, 0.15) is 11.1 Å². The van der Waals surface area contributed by atoms with Gasteiger partial charge in [0.1, 0.15) is 17.4 Å². The first kappa shape index (κ1) is 14.8. The first-order chi connectivity index (χ1) is 9.60. The van der Waals surface area contributed by atoms with Crippen molar-refractivity contribution in [3.63, 3.8) is 0 Å². The van der Waals surface area contributed by atoms with Gasteiger partial charge in [0.2, 0.25) is 0 Å². The van der Waals surface area contributed by atoms with Crippen molar-refractivity contribution in [2.75, 3.05) is 6.26 Å². The van der Waals surface area contributed by atoms with Crippen LogP contribution in [0.2, 0.25) is 0 Å². The van der Waals surface area contributed by atoms with Crippen molar-refractivity contribution in [2.24, 2.45) is 0 Å². The Morgan fingerprint density at radius 3 is 2.90 bits per heavy atom. The maximum absolute atomic E-state index is 13.5. The SMILES string of the molecule is CSc1nc(-c2ccc(F)c(CBr)c2)c(C#N)c(=O)[nH]1. The highest BCUT2D eigenvalue weighted by atomic mass is 79.9. The molecule has 20 heavy (non-hydrogen) atoms. The largest absolute Gasteiger partial charge is 0.300 e. The summed E-state index contributed by atoms with van der Waals surface area (Å²) in [6.45, 7) is 0. The summed E-state index contributed by atoms with van der Waals surface area (Å²) in [5, 5.41) is 9.86. The van der Waals surface area contributed by atoms with Crippen LogP contribution < -0.4 is 5.56 Å². The second kappa shape index (κ2) is 6.20. The van der Waals surface area contributed by atoms with Crippen molar-refractivity contribution >= 4 is 27.7 Å². The molecule has 7 heteroatoms. The van der Waals surface area contributed by atoms with E-state index < -0.39 is 5.56 Å². The number of thioether (sulfide) groups is 1. The van der Waals surface area contributed by atoms with Gasteiger partial charge in [-0.25, -0.2) is 9.37 Å². The average molecular weight is 354 g/mol. The molecule has 0 aliphatic carbocycles. The molecule has 0 saturated heterocycles. The summed E-state index contributed by atoms with van der Waals surface area (Å²) in [6.07, 6.45) is 1.77. The molecule has 0 amide bonds. The zero-order chi connectivity index (χ0) is 14.7. The average Bonchev–Trinajstić information content (AvgIpc) is 2.46. The molecule has 0 bridgehead atoms. The van der Waals surface area contributed by atoms with E-state index in [1.807, 2.05) is 6.07 Å². The highest BCUT2D eigenvalue weighted by molar-refractivity contribution is 9.08. The third kappa shape index (κ3) is 2.76. The van der Waals surface area contributed by atoms with Crippen molar-refractivity contribution in [1.82, 2.24) is 9.97 Å². The van der Waals surface area contributed by atoms with Crippen LogP contribution in [0.3, 0.4) is 0 Å². The van der Waals surface area contributed by atoms with Gasteiger partial charge in [-0.2, -0.15) is 5.26 Å². The van der Waals surface area contributed by atoms with Gasteiger partial charge in [-0.05, 0) is 30.0 Å². The van der Waals surface area contributed by atoms with Crippen LogP contribution in [0, 0.1) is 17.1 Å². The van der Waals surface area contributed by atoms with Crippen molar-refractivity contribution in [1.29, 1.82) is 5.26 Å². The summed E-state index contributed by atoms with van der Waals surface area (Å²) in [4.78, 5) is 18.6. The molecule has 0 radical (unpaired) electrons. The number of halogens is 2. The maximum Gasteiger partial charge on any atom is 0.270 e. The second-order valence-electron chi connectivity index (χ2n) is 3.85. The van der Waals surface area contributed by atoms with Crippen LogP contribution in [-0.4, -0.2) is 16.2 Å². The molecule has 0 aliphatic rings. The summed E-state index contributed by atoms with van der Waals surface area (Å²) in [5.41, 5.74) is 0.683. The zero-order valence-electron chi connectivity index (χ0n) is 10.4. The number of hydrogen-bond donors (Lipinski definition) is 1. The predicted molar refractivity (Wildman–Crippen MR) is 79.4 cm³/mol. The molecule has 2 rings (SSSR count). The number of rotatable bonds is 3. The molecule has 0 fully saturated rings. The molecule has 0 spiro atoms. The van der Waals surface area contributed by atoms with Gasteiger partial charge >= 0.3 is 0 Å². The summed E-state index contributed by atoms with van der Waals surface area (Å²) < 4.78 is 13.5. The molecule has 1 heterocycles. The van der Waals surface area contributed by atoms with Gasteiger partial charge in [-0.3, -0.25) is 4.79 Å². The molecule has 1 aromatic heterocycles. The van der Waals surface area contributed by atoms with Gasteiger partial charge in [0, 0.05) is 10.9 Å². The fourth-order valence-electron chi connectivity index (χ4n) is 1.69. The predicted octanol–water partition coefficient (Wildman–Crippen LogP) is 3.06. The molecular weight excluding hydrogens is 345 g/mol. The van der Waals surface area contributed by atoms with E-state index in [9.17, 15) is 9.18 Å². The minimum Gasteiger partial charge on any atom is -0.300 e. The third-order valence-electron chi connectivity index (χ3n) is 2.67. The number of hydrogen-bond acceptors (Lipinski definition) is 4. The second-order valence-corrected chi connectivity index (χ2v) is 5.21. The summed E-state index contributed by atoms with van der Waals surface area (Å²) >= 11 is 4.46. The molecule has 0 unspecified atom stereocenters. The summed E-state index contributed by atoms with van der Waals surface area (Å²) in [7, 11) is 0. The topological polar surface area (TPSA) is 69.5 Å². The zero-order valence-corrected chi connectivity index (χ0v) is 12.8. The lowest BCUT2D eigenvalue weighted by atomic mass is 10.1. The smallest absolute Gasteiger partial charge is 0.270 e. The number of aromatic amines is 1. The van der Waals surface area contributed by atoms with Crippen molar-refractivity contribution in [3.8, 4) is 17.3 Å². The van der Waals surface area contributed by atoms with Crippen LogP contribution in [0.15, 0.2) is 28.2 Å². The minimum absolute atomic E-state index is 0.0741. The number of alkyl halides is 1. The van der Waals surface area contributed by atoms with Gasteiger partial charge in [0.25, 0.3) is 5.56 Å². The lowest BCUT2D eigenvalue weighted by Crippen LogP contribution is -2.14. The monoisotopic (exact) mass is 353 g/mol. The summed E-state index contributed by atoms with van der Waals surface area (Å²) in [5.74, 6) is -0.348. The quantitative estimate of drug-likeness (QED) is 0.523. The highest BCUT2D eigenvalue weighted by Crippen LogP contribution is 2.24. The van der Waals surface area contributed by atoms with Gasteiger partial charge in [0.05, 0.1) is 5.69 Å². The van der Waals surface area contributed by atoms with E-state index in [0.29, 0.717) is 21.6 Å². The molecule has 4 nitrogen and oxygen atoms in total. The first-order valence-electron chi connectivity index (χ1n) is 5.54. The Bertz CT molecular complexity index is 754. The van der Waals surface area contributed by atoms with Crippen LogP contribution in [-0.2, 0) is 5.33 Å². The molecule has 102 valence electrons. The number of nitrogens with zero attached hydrogens (tertiary/aromatic N) is 2. The van der Waals surface area contributed by atoms with E-state index in [0.717, 1.165) is 0 Å². The molecule has 1 aromatic carbocycles. The molecule has 1 N–H and O–H groups in total. The lowest BCUT2D eigenvalue weighted by molar-refractivity contribution is 0.618. The fourth-order valence-corrected chi connectivity index (χ4v) is 2.49. The Labute approximate surface area is 127 Å². The van der Waals surface area contributed by atoms with E-state index in [2.05, 4.69) is 25.9 Å². The minimum atomic E-state index is -0.494. The van der Waals surface area contributed by atoms with Crippen LogP contribution in [0.25, 0.3) is 11.3 Å². The highest BCUT2D eigenvalue weighted by Gasteiger charge is 2.14. The van der Waals surface area contributed by atoms with Crippen molar-refractivity contribution in [2.45, 2.75) is 10.5 Å². The Balaban J connectivity index is 2.71. The number of benzene rings is 1. The molecule has 2 aromatic rings. The Morgan fingerprint density at radius 1 is 1.55 bits per heavy atom. The lowest BCUT2D eigenvalue weighted by Gasteiger charge is -2.07. The molecule has 0 atom stereocenters. The Kier molecular flexibility index (Phi) is 4.57. The van der Waals surface area contributed by atoms with Crippen molar-refractivity contribution in [3.05, 3.63) is 45.5 Å². The van der Waals surface area contributed by atoms with Crippen molar-refractivity contribution < 1.29 is 4.39 Å². The van der Waals surface area contributed by atoms with E-state index >= 15 is 0 Å². The van der Waals surface area contributed by atoms with Gasteiger partial charge in [0.15, 0.2) is 5.16 Å². The molecular formula is C13H9BrFN3OS. The standard InChI is InChI=1S/C13H9BrFN3OS/c1-20-13-17-11(9(6-16)12(19)18-13)7-2-3-10(15)8(4-7)5-14/h2-4H,5H2,1H3,(H,17,18,19). The van der Waals surface area contributed by atoms with E-state index in [1.54, 1.807) is 12.3 Å². The van der Waals surface area contributed by atoms with Gasteiger partial charge in [-0.15, -0.1) is 0 Å². The van der Waals surface area contributed by atoms with E-state index in [4.69, 9.17) is 5.26 Å². The Hall–Kier alpha value is -1.65. The van der Waals surface area contributed by atoms with E-state index in [-0.39, 0.29) is 17.1 Å². The Morgan fingerprint density at radius 2 is 2.30 bits per heavy atom. The van der Waals surface area contributed by atoms with Crippen LogP contribution >= 0.6 is 27.7 Å². The number of aromatic nitrogens is 2. The number of nitriles is 1. The molecule has 0 aliphatic heterocycles. The van der Waals surface area contributed by atoms with Crippen LogP contribution in [0.4, 0.5) is 4.39 Å². The first-order valence-corrected chi connectivity index (χ1v) is 7.88. The normalized spacial score (nSPS) is 10.3. The third-order valence-corrected chi connectivity index (χ3v) is 3.85. The number of nitrogens with one attached hydrogen (secondary N) is 1. The summed E-state index contributed by atoms with van der Waals surface area (Å²) in [6, 6.07) is 6.23. The number of H-pyrrole nitrogens is 1. The molecule has 0 saturated carbocycles.